The van der Waals surface area contributed by atoms with Gasteiger partial charge in [0, 0.05) is 30.9 Å². The van der Waals surface area contributed by atoms with E-state index in [1.807, 2.05) is 17.9 Å². The van der Waals surface area contributed by atoms with E-state index in [-0.39, 0.29) is 5.92 Å². The van der Waals surface area contributed by atoms with Crippen LogP contribution in [0.3, 0.4) is 0 Å². The van der Waals surface area contributed by atoms with E-state index in [2.05, 4.69) is 21.3 Å². The molecule has 2 aliphatic rings. The summed E-state index contributed by atoms with van der Waals surface area (Å²) in [6.07, 6.45) is 2.72. The number of benzene rings is 1. The highest BCUT2D eigenvalue weighted by molar-refractivity contribution is 7.09. The number of likely N-dealkylation sites (tertiary alicyclic amines) is 1. The third-order valence-corrected chi connectivity index (χ3v) is 6.84. The van der Waals surface area contributed by atoms with Crippen molar-refractivity contribution >= 4 is 17.2 Å². The van der Waals surface area contributed by atoms with Gasteiger partial charge in [-0.3, -0.25) is 9.69 Å². The minimum Gasteiger partial charge on any atom is -0.493 e. The summed E-state index contributed by atoms with van der Waals surface area (Å²) in [6.45, 7) is 6.29. The molecule has 29 heavy (non-hydrogen) atoms. The summed E-state index contributed by atoms with van der Waals surface area (Å²) in [5.74, 6) is 1.92. The van der Waals surface area contributed by atoms with Gasteiger partial charge < -0.3 is 14.4 Å². The summed E-state index contributed by atoms with van der Waals surface area (Å²) in [5.41, 5.74) is 3.56. The van der Waals surface area contributed by atoms with Crippen LogP contribution in [0, 0.1) is 12.8 Å². The van der Waals surface area contributed by atoms with Gasteiger partial charge >= 0.3 is 0 Å². The molecule has 0 saturated carbocycles. The number of fused-ring (bicyclic) bond motifs is 1. The van der Waals surface area contributed by atoms with Gasteiger partial charge in [0.2, 0.25) is 5.91 Å². The number of rotatable bonds is 5. The molecule has 1 amide bonds. The molecule has 1 saturated heterocycles. The van der Waals surface area contributed by atoms with E-state index < -0.39 is 0 Å². The molecule has 6 nitrogen and oxygen atoms in total. The van der Waals surface area contributed by atoms with Crippen molar-refractivity contribution in [2.45, 2.75) is 39.3 Å². The van der Waals surface area contributed by atoms with Crippen molar-refractivity contribution in [3.8, 4) is 11.5 Å². The highest BCUT2D eigenvalue weighted by Crippen LogP contribution is 2.34. The molecule has 4 rings (SSSR count). The summed E-state index contributed by atoms with van der Waals surface area (Å²) in [6, 6.07) is 4.07. The maximum atomic E-state index is 13.1. The summed E-state index contributed by atoms with van der Waals surface area (Å²) < 4.78 is 10.8. The molecule has 0 N–H and O–H groups in total. The average Bonchev–Trinajstić information content (AvgIpc) is 3.16. The SMILES string of the molecule is COc1cc2c(cc1OC)CN(C(=O)C1CCN(Cc3csc(C)n3)CC1)CC2. The zero-order valence-corrected chi connectivity index (χ0v) is 18.3. The van der Waals surface area contributed by atoms with Crippen molar-refractivity contribution in [3.63, 3.8) is 0 Å². The fourth-order valence-electron chi connectivity index (χ4n) is 4.38. The van der Waals surface area contributed by atoms with E-state index in [1.54, 1.807) is 25.6 Å². The van der Waals surface area contributed by atoms with Crippen molar-refractivity contribution in [3.05, 3.63) is 39.3 Å². The molecule has 156 valence electrons. The Balaban J connectivity index is 1.35. The fraction of sp³-hybridized carbons (Fsp3) is 0.545. The van der Waals surface area contributed by atoms with Crippen molar-refractivity contribution in [2.24, 2.45) is 5.92 Å². The molecular weight excluding hydrogens is 386 g/mol. The molecule has 0 bridgehead atoms. The Kier molecular flexibility index (Phi) is 6.06. The Hall–Kier alpha value is -2.12. The molecule has 3 heterocycles. The van der Waals surface area contributed by atoms with Crippen LogP contribution in [0.5, 0.6) is 11.5 Å². The van der Waals surface area contributed by atoms with E-state index in [0.717, 1.165) is 67.6 Å². The van der Waals surface area contributed by atoms with Crippen LogP contribution < -0.4 is 9.47 Å². The minimum atomic E-state index is 0.130. The Morgan fingerprint density at radius 3 is 2.45 bits per heavy atom. The van der Waals surface area contributed by atoms with Gasteiger partial charge in [0.05, 0.1) is 24.9 Å². The molecular formula is C22H29N3O3S. The number of hydrogen-bond donors (Lipinski definition) is 0. The molecule has 0 aliphatic carbocycles. The van der Waals surface area contributed by atoms with Crippen molar-refractivity contribution in [2.75, 3.05) is 33.9 Å². The second-order valence-corrected chi connectivity index (χ2v) is 8.96. The Bertz CT molecular complexity index is 874. The Labute approximate surface area is 176 Å². The third kappa shape index (κ3) is 4.41. The topological polar surface area (TPSA) is 54.9 Å². The largest absolute Gasteiger partial charge is 0.493 e. The van der Waals surface area contributed by atoms with Crippen LogP contribution in [0.15, 0.2) is 17.5 Å². The molecule has 1 fully saturated rings. The zero-order chi connectivity index (χ0) is 20.4. The van der Waals surface area contributed by atoms with Crippen LogP contribution in [0.25, 0.3) is 0 Å². The quantitative estimate of drug-likeness (QED) is 0.750. The number of ether oxygens (including phenoxy) is 2. The first-order valence-electron chi connectivity index (χ1n) is 10.2. The van der Waals surface area contributed by atoms with Gasteiger partial charge in [-0.2, -0.15) is 0 Å². The van der Waals surface area contributed by atoms with E-state index in [4.69, 9.17) is 9.47 Å². The van der Waals surface area contributed by atoms with Gasteiger partial charge in [-0.25, -0.2) is 4.98 Å². The maximum absolute atomic E-state index is 13.1. The number of nitrogens with zero attached hydrogens (tertiary/aromatic N) is 3. The molecule has 2 aromatic rings. The van der Waals surface area contributed by atoms with Crippen molar-refractivity contribution in [1.29, 1.82) is 0 Å². The molecule has 2 aliphatic heterocycles. The van der Waals surface area contributed by atoms with Gasteiger partial charge in [0.25, 0.3) is 0 Å². The highest BCUT2D eigenvalue weighted by atomic mass is 32.1. The van der Waals surface area contributed by atoms with Gasteiger partial charge in [0.1, 0.15) is 0 Å². The Morgan fingerprint density at radius 2 is 1.83 bits per heavy atom. The average molecular weight is 416 g/mol. The number of piperidine rings is 1. The summed E-state index contributed by atoms with van der Waals surface area (Å²) in [5, 5.41) is 3.26. The molecule has 1 aromatic carbocycles. The summed E-state index contributed by atoms with van der Waals surface area (Å²) in [4.78, 5) is 22.2. The van der Waals surface area contributed by atoms with Crippen LogP contribution in [0.2, 0.25) is 0 Å². The standard InChI is InChI=1S/C22H29N3O3S/c1-15-23-19(14-29-15)13-24-7-4-16(5-8-24)22(26)25-9-6-17-10-20(27-2)21(28-3)11-18(17)12-25/h10-11,14,16H,4-9,12-13H2,1-3H3. The first kappa shape index (κ1) is 20.2. The van der Waals surface area contributed by atoms with Gasteiger partial charge in [-0.15, -0.1) is 11.3 Å². The highest BCUT2D eigenvalue weighted by Gasteiger charge is 2.31. The number of thiazole rings is 1. The number of carbonyl (C=O) groups excluding carboxylic acids is 1. The Morgan fingerprint density at radius 1 is 1.14 bits per heavy atom. The summed E-state index contributed by atoms with van der Waals surface area (Å²) >= 11 is 1.70. The molecule has 0 unspecified atom stereocenters. The van der Waals surface area contributed by atoms with Gasteiger partial charge in [-0.05, 0) is 62.5 Å². The first-order chi connectivity index (χ1) is 14.1. The third-order valence-electron chi connectivity index (χ3n) is 6.02. The molecule has 0 radical (unpaired) electrons. The monoisotopic (exact) mass is 415 g/mol. The fourth-order valence-corrected chi connectivity index (χ4v) is 4.98. The van der Waals surface area contributed by atoms with Crippen LogP contribution in [-0.2, 0) is 24.3 Å². The lowest BCUT2D eigenvalue weighted by Crippen LogP contribution is -2.44. The molecule has 0 atom stereocenters. The second-order valence-electron chi connectivity index (χ2n) is 7.89. The first-order valence-corrected chi connectivity index (χ1v) is 11.1. The predicted molar refractivity (Wildman–Crippen MR) is 114 cm³/mol. The minimum absolute atomic E-state index is 0.130. The van der Waals surface area contributed by atoms with Gasteiger partial charge in [0.15, 0.2) is 11.5 Å². The maximum Gasteiger partial charge on any atom is 0.226 e. The number of aromatic nitrogens is 1. The normalized spacial score (nSPS) is 17.8. The van der Waals surface area contributed by atoms with Crippen LogP contribution >= 0.6 is 11.3 Å². The molecule has 1 aromatic heterocycles. The van der Waals surface area contributed by atoms with E-state index in [9.17, 15) is 4.79 Å². The number of amides is 1. The van der Waals surface area contributed by atoms with Crippen LogP contribution in [-0.4, -0.2) is 54.5 Å². The zero-order valence-electron chi connectivity index (χ0n) is 17.4. The van der Waals surface area contributed by atoms with Crippen molar-refractivity contribution in [1.82, 2.24) is 14.8 Å². The van der Waals surface area contributed by atoms with E-state index in [0.29, 0.717) is 12.5 Å². The van der Waals surface area contributed by atoms with E-state index in [1.165, 1.54) is 11.1 Å². The van der Waals surface area contributed by atoms with E-state index >= 15 is 0 Å². The lowest BCUT2D eigenvalue weighted by Gasteiger charge is -2.36. The number of aryl methyl sites for hydroxylation is 1. The lowest BCUT2D eigenvalue weighted by atomic mass is 9.92. The number of methoxy groups -OCH3 is 2. The second kappa shape index (κ2) is 8.71. The number of hydrogen-bond acceptors (Lipinski definition) is 6. The van der Waals surface area contributed by atoms with Crippen molar-refractivity contribution < 1.29 is 14.3 Å². The van der Waals surface area contributed by atoms with Crippen LogP contribution in [0.4, 0.5) is 0 Å². The smallest absolute Gasteiger partial charge is 0.226 e. The lowest BCUT2D eigenvalue weighted by molar-refractivity contribution is -0.138. The molecule has 0 spiro atoms. The molecule has 7 heteroatoms. The van der Waals surface area contributed by atoms with Crippen LogP contribution in [0.1, 0.15) is 34.7 Å². The number of carbonyl (C=O) groups is 1. The summed E-state index contributed by atoms with van der Waals surface area (Å²) in [7, 11) is 3.31. The van der Waals surface area contributed by atoms with Gasteiger partial charge in [-0.1, -0.05) is 0 Å². The predicted octanol–water partition coefficient (Wildman–Crippen LogP) is 3.27.